The van der Waals surface area contributed by atoms with Gasteiger partial charge in [0.1, 0.15) is 5.75 Å². The Labute approximate surface area is 174 Å². The normalized spacial score (nSPS) is 14.4. The number of amides is 2. The first-order valence-electron chi connectivity index (χ1n) is 9.61. The van der Waals surface area contributed by atoms with E-state index >= 15 is 0 Å². The second-order valence-electron chi connectivity index (χ2n) is 7.14. The summed E-state index contributed by atoms with van der Waals surface area (Å²) in [5.41, 5.74) is 2.17. The lowest BCUT2D eigenvalue weighted by molar-refractivity contribution is -0.118. The van der Waals surface area contributed by atoms with Gasteiger partial charge in [0.05, 0.1) is 0 Å². The number of rotatable bonds is 6. The molecule has 1 aliphatic rings. The van der Waals surface area contributed by atoms with E-state index in [0.717, 1.165) is 22.9 Å². The average molecular weight is 445 g/mol. The Morgan fingerprint density at radius 2 is 1.89 bits per heavy atom. The largest absolute Gasteiger partial charge is 0.484 e. The highest BCUT2D eigenvalue weighted by atomic mass is 79.9. The highest BCUT2D eigenvalue weighted by molar-refractivity contribution is 9.10. The maximum Gasteiger partial charge on any atom is 0.262 e. The third-order valence-corrected chi connectivity index (χ3v) is 5.74. The second-order valence-corrected chi connectivity index (χ2v) is 7.99. The molecule has 0 bridgehead atoms. The molecule has 1 aliphatic carbocycles. The molecule has 5 nitrogen and oxygen atoms in total. The number of nitrogens with one attached hydrogen (secondary N) is 2. The van der Waals surface area contributed by atoms with Crippen molar-refractivity contribution in [3.05, 3.63) is 58.1 Å². The molecule has 3 rings (SSSR count). The van der Waals surface area contributed by atoms with E-state index in [0.29, 0.717) is 17.0 Å². The van der Waals surface area contributed by atoms with Gasteiger partial charge in [-0.2, -0.15) is 0 Å². The Morgan fingerprint density at radius 1 is 1.11 bits per heavy atom. The van der Waals surface area contributed by atoms with Crippen molar-refractivity contribution >= 4 is 33.4 Å². The van der Waals surface area contributed by atoms with Crippen molar-refractivity contribution < 1.29 is 14.3 Å². The van der Waals surface area contributed by atoms with Crippen molar-refractivity contribution in [1.29, 1.82) is 0 Å². The van der Waals surface area contributed by atoms with E-state index in [9.17, 15) is 9.59 Å². The summed E-state index contributed by atoms with van der Waals surface area (Å²) < 4.78 is 6.54. The monoisotopic (exact) mass is 444 g/mol. The maximum absolute atomic E-state index is 12.5. The molecule has 2 aromatic rings. The fourth-order valence-corrected chi connectivity index (χ4v) is 3.55. The number of aryl methyl sites for hydroxylation is 1. The van der Waals surface area contributed by atoms with Gasteiger partial charge >= 0.3 is 0 Å². The Bertz CT molecular complexity index is 847. The van der Waals surface area contributed by atoms with Crippen LogP contribution in [-0.2, 0) is 4.79 Å². The van der Waals surface area contributed by atoms with Gasteiger partial charge in [-0.3, -0.25) is 9.59 Å². The number of halogens is 1. The molecule has 0 aromatic heterocycles. The molecule has 2 N–H and O–H groups in total. The van der Waals surface area contributed by atoms with Crippen LogP contribution in [0.3, 0.4) is 0 Å². The summed E-state index contributed by atoms with van der Waals surface area (Å²) in [4.78, 5) is 24.7. The molecule has 0 saturated heterocycles. The third-order valence-electron chi connectivity index (χ3n) is 4.85. The van der Waals surface area contributed by atoms with Crippen LogP contribution in [-0.4, -0.2) is 24.5 Å². The number of anilines is 1. The molecule has 1 saturated carbocycles. The number of hydrogen-bond acceptors (Lipinski definition) is 3. The van der Waals surface area contributed by atoms with E-state index in [1.54, 1.807) is 30.3 Å². The molecule has 28 heavy (non-hydrogen) atoms. The third kappa shape index (κ3) is 5.83. The first kappa shape index (κ1) is 20.4. The summed E-state index contributed by atoms with van der Waals surface area (Å²) in [7, 11) is 0. The summed E-state index contributed by atoms with van der Waals surface area (Å²) >= 11 is 3.44. The Kier molecular flexibility index (Phi) is 7.09. The van der Waals surface area contributed by atoms with Crippen LogP contribution in [0.25, 0.3) is 0 Å². The van der Waals surface area contributed by atoms with Crippen LogP contribution in [0.2, 0.25) is 0 Å². The van der Waals surface area contributed by atoms with Gasteiger partial charge in [0.25, 0.3) is 11.8 Å². The van der Waals surface area contributed by atoms with Gasteiger partial charge in [0, 0.05) is 21.8 Å². The maximum atomic E-state index is 12.5. The quantitative estimate of drug-likeness (QED) is 0.669. The molecule has 0 atom stereocenters. The first-order valence-corrected chi connectivity index (χ1v) is 10.4. The van der Waals surface area contributed by atoms with E-state index < -0.39 is 0 Å². The number of benzene rings is 2. The molecule has 0 aliphatic heterocycles. The van der Waals surface area contributed by atoms with Gasteiger partial charge in [-0.05, 0) is 61.7 Å². The number of carbonyl (C=O) groups is 2. The molecule has 0 radical (unpaired) electrons. The zero-order chi connectivity index (χ0) is 19.9. The zero-order valence-electron chi connectivity index (χ0n) is 16.0. The molecule has 1 fully saturated rings. The number of hydrogen-bond donors (Lipinski definition) is 2. The van der Waals surface area contributed by atoms with Crippen LogP contribution >= 0.6 is 15.9 Å². The molecule has 148 valence electrons. The second kappa shape index (κ2) is 9.73. The average Bonchev–Trinajstić information content (AvgIpc) is 2.70. The van der Waals surface area contributed by atoms with Crippen LogP contribution < -0.4 is 15.4 Å². The molecular formula is C22H25BrN2O3. The highest BCUT2D eigenvalue weighted by Crippen LogP contribution is 2.22. The van der Waals surface area contributed by atoms with E-state index in [1.165, 1.54) is 19.3 Å². The predicted molar refractivity (Wildman–Crippen MR) is 114 cm³/mol. The summed E-state index contributed by atoms with van der Waals surface area (Å²) in [6.07, 6.45) is 5.65. The first-order chi connectivity index (χ1) is 13.5. The summed E-state index contributed by atoms with van der Waals surface area (Å²) in [6, 6.07) is 12.8. The van der Waals surface area contributed by atoms with E-state index in [4.69, 9.17) is 4.74 Å². The van der Waals surface area contributed by atoms with Crippen molar-refractivity contribution in [3.63, 3.8) is 0 Å². The van der Waals surface area contributed by atoms with Crippen LogP contribution in [0, 0.1) is 6.92 Å². The van der Waals surface area contributed by atoms with E-state index in [-0.39, 0.29) is 24.5 Å². The van der Waals surface area contributed by atoms with E-state index in [2.05, 4.69) is 26.6 Å². The van der Waals surface area contributed by atoms with Gasteiger partial charge in [0.2, 0.25) is 0 Å². The molecule has 0 unspecified atom stereocenters. The van der Waals surface area contributed by atoms with Crippen molar-refractivity contribution in [2.45, 2.75) is 45.1 Å². The van der Waals surface area contributed by atoms with Crippen LogP contribution in [0.4, 0.5) is 5.69 Å². The Hall–Kier alpha value is -2.34. The summed E-state index contributed by atoms with van der Waals surface area (Å²) in [6.45, 7) is 1.86. The van der Waals surface area contributed by atoms with E-state index in [1.807, 2.05) is 19.1 Å². The lowest BCUT2D eigenvalue weighted by Gasteiger charge is -2.22. The SMILES string of the molecule is Cc1cc(OCC(=O)Nc2cccc(C(=O)NC3CCCCC3)c2)ccc1Br. The fraction of sp³-hybridized carbons (Fsp3) is 0.364. The van der Waals surface area contributed by atoms with Crippen molar-refractivity contribution in [2.24, 2.45) is 0 Å². The number of ether oxygens (including phenoxy) is 1. The lowest BCUT2D eigenvalue weighted by atomic mass is 9.95. The number of carbonyl (C=O) groups excluding carboxylic acids is 2. The van der Waals surface area contributed by atoms with Crippen molar-refractivity contribution in [3.8, 4) is 5.75 Å². The van der Waals surface area contributed by atoms with Crippen LogP contribution in [0.1, 0.15) is 48.0 Å². The predicted octanol–water partition coefficient (Wildman–Crippen LogP) is 4.84. The lowest BCUT2D eigenvalue weighted by Crippen LogP contribution is -2.36. The molecule has 2 aromatic carbocycles. The van der Waals surface area contributed by atoms with Gasteiger partial charge < -0.3 is 15.4 Å². The zero-order valence-corrected chi connectivity index (χ0v) is 17.6. The molecule has 2 amide bonds. The smallest absolute Gasteiger partial charge is 0.262 e. The molecule has 0 spiro atoms. The molecule has 6 heteroatoms. The van der Waals surface area contributed by atoms with Gasteiger partial charge in [0.15, 0.2) is 6.61 Å². The highest BCUT2D eigenvalue weighted by Gasteiger charge is 2.17. The molecular weight excluding hydrogens is 420 g/mol. The topological polar surface area (TPSA) is 67.4 Å². The Morgan fingerprint density at radius 3 is 2.64 bits per heavy atom. The van der Waals surface area contributed by atoms with Gasteiger partial charge in [-0.15, -0.1) is 0 Å². The standard InChI is InChI=1S/C22H25BrN2O3/c1-15-12-19(10-11-20(15)23)28-14-21(26)24-18-9-5-6-16(13-18)22(27)25-17-7-3-2-4-8-17/h5-6,9-13,17H,2-4,7-8,14H2,1H3,(H,24,26)(H,25,27). The fourth-order valence-electron chi connectivity index (χ4n) is 3.31. The van der Waals surface area contributed by atoms with Crippen molar-refractivity contribution in [2.75, 3.05) is 11.9 Å². The van der Waals surface area contributed by atoms with Gasteiger partial charge in [-0.1, -0.05) is 41.3 Å². The van der Waals surface area contributed by atoms with Crippen LogP contribution in [0.15, 0.2) is 46.9 Å². The Balaban J connectivity index is 1.53. The van der Waals surface area contributed by atoms with Gasteiger partial charge in [-0.25, -0.2) is 0 Å². The molecule has 0 heterocycles. The van der Waals surface area contributed by atoms with Crippen molar-refractivity contribution in [1.82, 2.24) is 5.32 Å². The minimum atomic E-state index is -0.273. The summed E-state index contributed by atoms with van der Waals surface area (Å²) in [5.74, 6) is 0.270. The minimum absolute atomic E-state index is 0.0930. The minimum Gasteiger partial charge on any atom is -0.484 e. The summed E-state index contributed by atoms with van der Waals surface area (Å²) in [5, 5.41) is 5.88. The van der Waals surface area contributed by atoms with Crippen LogP contribution in [0.5, 0.6) is 5.75 Å².